The van der Waals surface area contributed by atoms with Gasteiger partial charge in [0.1, 0.15) is 0 Å². The van der Waals surface area contributed by atoms with E-state index < -0.39 is 0 Å². The van der Waals surface area contributed by atoms with Crippen LogP contribution >= 0.6 is 0 Å². The minimum absolute atomic E-state index is 0.286. The molecule has 0 bridgehead atoms. The van der Waals surface area contributed by atoms with Crippen molar-refractivity contribution in [1.82, 2.24) is 19.6 Å². The molecule has 25 heavy (non-hydrogen) atoms. The average molecular weight is 342 g/mol. The summed E-state index contributed by atoms with van der Waals surface area (Å²) < 4.78 is 1.99. The molecule has 0 radical (unpaired) electrons. The monoisotopic (exact) mass is 342 g/mol. The molecule has 0 spiro atoms. The first-order valence-electron chi connectivity index (χ1n) is 9.31. The summed E-state index contributed by atoms with van der Waals surface area (Å²) in [5.41, 5.74) is 3.54. The SMILES string of the molecule is Cc1nn(-c2ccccc2)cc1CN1CCC(N(C)CCCO)CC1. The predicted molar refractivity (Wildman–Crippen MR) is 101 cm³/mol. The number of aliphatic hydroxyl groups excluding tert-OH is 1. The number of aromatic nitrogens is 2. The molecule has 0 unspecified atom stereocenters. The number of rotatable bonds is 7. The Bertz CT molecular complexity index is 647. The molecule has 1 aliphatic rings. The van der Waals surface area contributed by atoms with E-state index in [1.54, 1.807) is 0 Å². The van der Waals surface area contributed by atoms with Crippen molar-refractivity contribution in [3.8, 4) is 5.69 Å². The first kappa shape index (κ1) is 18.1. The fourth-order valence-corrected chi connectivity index (χ4v) is 3.63. The van der Waals surface area contributed by atoms with E-state index in [0.29, 0.717) is 6.04 Å². The standard InChI is InChI=1S/C20H30N4O/c1-17-18(16-24(21-17)20-7-4-3-5-8-20)15-23-12-9-19(10-13-23)22(2)11-6-14-25/h3-5,7-8,16,19,25H,6,9-15H2,1-2H3. The lowest BCUT2D eigenvalue weighted by molar-refractivity contribution is 0.117. The Morgan fingerprint density at radius 1 is 1.20 bits per heavy atom. The van der Waals surface area contributed by atoms with Crippen molar-refractivity contribution >= 4 is 0 Å². The Morgan fingerprint density at radius 2 is 1.92 bits per heavy atom. The average Bonchev–Trinajstić information content (AvgIpc) is 3.01. The molecular formula is C20H30N4O. The molecule has 1 N–H and O–H groups in total. The number of likely N-dealkylation sites (tertiary alicyclic amines) is 1. The van der Waals surface area contributed by atoms with Gasteiger partial charge in [-0.05, 0) is 58.5 Å². The van der Waals surface area contributed by atoms with Gasteiger partial charge in [-0.3, -0.25) is 4.90 Å². The Morgan fingerprint density at radius 3 is 2.60 bits per heavy atom. The number of hydrogen-bond donors (Lipinski definition) is 1. The molecule has 1 saturated heterocycles. The maximum absolute atomic E-state index is 8.99. The summed E-state index contributed by atoms with van der Waals surface area (Å²) in [5.74, 6) is 0. The number of nitrogens with zero attached hydrogens (tertiary/aromatic N) is 4. The van der Waals surface area contributed by atoms with Gasteiger partial charge in [0.25, 0.3) is 0 Å². The van der Waals surface area contributed by atoms with Gasteiger partial charge in [0.05, 0.1) is 11.4 Å². The first-order valence-corrected chi connectivity index (χ1v) is 9.31. The second kappa shape index (κ2) is 8.61. The molecule has 1 fully saturated rings. The van der Waals surface area contributed by atoms with Gasteiger partial charge in [0, 0.05) is 37.5 Å². The third-order valence-corrected chi connectivity index (χ3v) is 5.26. The number of benzene rings is 1. The van der Waals surface area contributed by atoms with Crippen molar-refractivity contribution in [2.24, 2.45) is 0 Å². The zero-order chi connectivity index (χ0) is 17.6. The van der Waals surface area contributed by atoms with E-state index in [2.05, 4.69) is 47.2 Å². The van der Waals surface area contributed by atoms with E-state index in [0.717, 1.165) is 44.0 Å². The van der Waals surface area contributed by atoms with Gasteiger partial charge in [-0.2, -0.15) is 5.10 Å². The molecule has 3 rings (SSSR count). The summed E-state index contributed by atoms with van der Waals surface area (Å²) in [6.45, 7) is 6.61. The Labute approximate surface area is 150 Å². The maximum Gasteiger partial charge on any atom is 0.0645 e. The quantitative estimate of drug-likeness (QED) is 0.839. The zero-order valence-electron chi connectivity index (χ0n) is 15.4. The lowest BCUT2D eigenvalue weighted by Gasteiger charge is -2.36. The van der Waals surface area contributed by atoms with Gasteiger partial charge in [-0.1, -0.05) is 18.2 Å². The summed E-state index contributed by atoms with van der Waals surface area (Å²) >= 11 is 0. The zero-order valence-corrected chi connectivity index (χ0v) is 15.4. The van der Waals surface area contributed by atoms with Crippen LogP contribution in [0.1, 0.15) is 30.5 Å². The van der Waals surface area contributed by atoms with Gasteiger partial charge in [0.15, 0.2) is 0 Å². The highest BCUT2D eigenvalue weighted by molar-refractivity contribution is 5.32. The van der Waals surface area contributed by atoms with Crippen molar-refractivity contribution in [2.75, 3.05) is 33.3 Å². The van der Waals surface area contributed by atoms with E-state index >= 15 is 0 Å². The Balaban J connectivity index is 1.55. The van der Waals surface area contributed by atoms with Gasteiger partial charge in [0.2, 0.25) is 0 Å². The Kier molecular flexibility index (Phi) is 6.24. The molecular weight excluding hydrogens is 312 g/mol. The van der Waals surface area contributed by atoms with Gasteiger partial charge >= 0.3 is 0 Å². The smallest absolute Gasteiger partial charge is 0.0645 e. The van der Waals surface area contributed by atoms with Crippen molar-refractivity contribution in [3.63, 3.8) is 0 Å². The van der Waals surface area contributed by atoms with Crippen LogP contribution in [0, 0.1) is 6.92 Å². The van der Waals surface area contributed by atoms with E-state index in [9.17, 15) is 0 Å². The summed E-state index contributed by atoms with van der Waals surface area (Å²) in [6, 6.07) is 10.9. The lowest BCUT2D eigenvalue weighted by Crippen LogP contribution is -2.43. The van der Waals surface area contributed by atoms with Crippen LogP contribution < -0.4 is 0 Å². The molecule has 1 aromatic heterocycles. The van der Waals surface area contributed by atoms with Crippen molar-refractivity contribution in [1.29, 1.82) is 0 Å². The Hall–Kier alpha value is -1.69. The number of aliphatic hydroxyl groups is 1. The predicted octanol–water partition coefficient (Wildman–Crippen LogP) is 2.46. The van der Waals surface area contributed by atoms with Crippen LogP contribution in [0.2, 0.25) is 0 Å². The van der Waals surface area contributed by atoms with Crippen molar-refractivity contribution in [3.05, 3.63) is 47.8 Å². The second-order valence-corrected chi connectivity index (χ2v) is 7.08. The van der Waals surface area contributed by atoms with Crippen molar-refractivity contribution in [2.45, 2.75) is 38.8 Å². The van der Waals surface area contributed by atoms with Crippen LogP contribution in [-0.2, 0) is 6.54 Å². The fraction of sp³-hybridized carbons (Fsp3) is 0.550. The minimum Gasteiger partial charge on any atom is -0.396 e. The van der Waals surface area contributed by atoms with E-state index in [1.165, 1.54) is 18.4 Å². The molecule has 5 heteroatoms. The summed E-state index contributed by atoms with van der Waals surface area (Å²) in [6.07, 6.45) is 5.44. The third kappa shape index (κ3) is 4.69. The second-order valence-electron chi connectivity index (χ2n) is 7.08. The number of piperidine rings is 1. The van der Waals surface area contributed by atoms with Gasteiger partial charge in [-0.25, -0.2) is 4.68 Å². The highest BCUT2D eigenvalue weighted by atomic mass is 16.3. The lowest BCUT2D eigenvalue weighted by atomic mass is 10.0. The summed E-state index contributed by atoms with van der Waals surface area (Å²) in [5, 5.41) is 13.7. The van der Waals surface area contributed by atoms with E-state index in [-0.39, 0.29) is 6.61 Å². The van der Waals surface area contributed by atoms with E-state index in [4.69, 9.17) is 5.11 Å². The molecule has 0 aliphatic carbocycles. The third-order valence-electron chi connectivity index (χ3n) is 5.26. The topological polar surface area (TPSA) is 44.5 Å². The van der Waals surface area contributed by atoms with Crippen LogP contribution in [0.4, 0.5) is 0 Å². The van der Waals surface area contributed by atoms with Crippen molar-refractivity contribution < 1.29 is 5.11 Å². The molecule has 136 valence electrons. The van der Waals surface area contributed by atoms with Crippen LogP contribution in [0.3, 0.4) is 0 Å². The van der Waals surface area contributed by atoms with Gasteiger partial charge in [-0.15, -0.1) is 0 Å². The molecule has 0 saturated carbocycles. The van der Waals surface area contributed by atoms with Crippen LogP contribution in [0.15, 0.2) is 36.5 Å². The summed E-state index contributed by atoms with van der Waals surface area (Å²) in [4.78, 5) is 4.95. The maximum atomic E-state index is 8.99. The molecule has 1 aliphatic heterocycles. The largest absolute Gasteiger partial charge is 0.396 e. The number of aryl methyl sites for hydroxylation is 1. The first-order chi connectivity index (χ1) is 12.2. The van der Waals surface area contributed by atoms with Gasteiger partial charge < -0.3 is 10.0 Å². The highest BCUT2D eigenvalue weighted by Crippen LogP contribution is 2.19. The normalized spacial score (nSPS) is 16.6. The van der Waals surface area contributed by atoms with Crippen LogP contribution in [-0.4, -0.2) is 64.0 Å². The highest BCUT2D eigenvalue weighted by Gasteiger charge is 2.23. The fourth-order valence-electron chi connectivity index (χ4n) is 3.63. The summed E-state index contributed by atoms with van der Waals surface area (Å²) in [7, 11) is 2.18. The van der Waals surface area contributed by atoms with E-state index in [1.807, 2.05) is 22.9 Å². The molecule has 0 amide bonds. The molecule has 1 aromatic carbocycles. The van der Waals surface area contributed by atoms with Crippen LogP contribution in [0.25, 0.3) is 5.69 Å². The van der Waals surface area contributed by atoms with Crippen LogP contribution in [0.5, 0.6) is 0 Å². The molecule has 0 atom stereocenters. The molecule has 2 heterocycles. The number of hydrogen-bond acceptors (Lipinski definition) is 4. The minimum atomic E-state index is 0.286. The molecule has 5 nitrogen and oxygen atoms in total. The molecule has 2 aromatic rings. The number of para-hydroxylation sites is 1.